The van der Waals surface area contributed by atoms with Gasteiger partial charge in [0, 0.05) is 45.8 Å². The molecule has 1 fully saturated rings. The Morgan fingerprint density at radius 1 is 1.30 bits per heavy atom. The third kappa shape index (κ3) is 8.74. The van der Waals surface area contributed by atoms with Crippen LogP contribution in [0.25, 0.3) is 0 Å². The van der Waals surface area contributed by atoms with Gasteiger partial charge in [-0.3, -0.25) is 9.79 Å². The van der Waals surface area contributed by atoms with Crippen LogP contribution in [0.1, 0.15) is 39.0 Å². The number of hydrogen-bond acceptors (Lipinski definition) is 3. The van der Waals surface area contributed by atoms with E-state index in [9.17, 15) is 4.79 Å². The Morgan fingerprint density at radius 2 is 2.10 bits per heavy atom. The van der Waals surface area contributed by atoms with Crippen molar-refractivity contribution in [3.8, 4) is 0 Å². The minimum atomic E-state index is 0.153. The van der Waals surface area contributed by atoms with Crippen molar-refractivity contribution in [2.45, 2.75) is 45.1 Å². The maximum absolute atomic E-state index is 11.5. The fourth-order valence-electron chi connectivity index (χ4n) is 1.72. The molecule has 0 atom stereocenters. The molecule has 0 spiro atoms. The van der Waals surface area contributed by atoms with E-state index in [0.717, 1.165) is 51.3 Å². The summed E-state index contributed by atoms with van der Waals surface area (Å²) in [5.41, 5.74) is 0. The van der Waals surface area contributed by atoms with Gasteiger partial charge in [-0.05, 0) is 32.6 Å². The largest absolute Gasteiger partial charge is 0.385 e. The minimum absolute atomic E-state index is 0.153. The molecule has 3 N–H and O–H groups in total. The summed E-state index contributed by atoms with van der Waals surface area (Å²) in [6.07, 6.45) is 4.57. The third-order valence-corrected chi connectivity index (χ3v) is 2.94. The maximum atomic E-state index is 11.5. The van der Waals surface area contributed by atoms with Gasteiger partial charge in [0.1, 0.15) is 0 Å². The maximum Gasteiger partial charge on any atom is 0.220 e. The molecule has 1 saturated carbocycles. The summed E-state index contributed by atoms with van der Waals surface area (Å²) in [6.45, 7) is 5.11. The van der Waals surface area contributed by atoms with Crippen LogP contribution in [0.2, 0.25) is 0 Å². The van der Waals surface area contributed by atoms with Crippen molar-refractivity contribution < 1.29 is 9.53 Å². The van der Waals surface area contributed by atoms with E-state index in [2.05, 4.69) is 20.9 Å². The molecule has 20 heavy (non-hydrogen) atoms. The molecule has 0 bridgehead atoms. The number of guanidine groups is 1. The molecule has 1 rings (SSSR count). The van der Waals surface area contributed by atoms with E-state index in [1.165, 1.54) is 0 Å². The van der Waals surface area contributed by atoms with Crippen molar-refractivity contribution in [3.05, 3.63) is 0 Å². The van der Waals surface area contributed by atoms with Crippen LogP contribution in [0.5, 0.6) is 0 Å². The van der Waals surface area contributed by atoms with Gasteiger partial charge in [0.2, 0.25) is 5.91 Å². The van der Waals surface area contributed by atoms with Crippen LogP contribution >= 0.6 is 0 Å². The van der Waals surface area contributed by atoms with E-state index < -0.39 is 0 Å². The van der Waals surface area contributed by atoms with Crippen LogP contribution in [0.15, 0.2) is 4.99 Å². The Kier molecular flexibility index (Phi) is 8.78. The van der Waals surface area contributed by atoms with Gasteiger partial charge in [-0.15, -0.1) is 0 Å². The second-order valence-corrected chi connectivity index (χ2v) is 4.98. The molecule has 6 heteroatoms. The molecule has 0 radical (unpaired) electrons. The smallest absolute Gasteiger partial charge is 0.220 e. The Labute approximate surface area is 121 Å². The average Bonchev–Trinajstić information content (AvgIpc) is 3.23. The van der Waals surface area contributed by atoms with Gasteiger partial charge in [0.05, 0.1) is 0 Å². The molecular weight excluding hydrogens is 256 g/mol. The lowest BCUT2D eigenvalue weighted by molar-refractivity contribution is -0.121. The van der Waals surface area contributed by atoms with Crippen LogP contribution in [0.4, 0.5) is 0 Å². The minimum Gasteiger partial charge on any atom is -0.385 e. The van der Waals surface area contributed by atoms with Crippen molar-refractivity contribution in [2.75, 3.05) is 33.4 Å². The fourth-order valence-corrected chi connectivity index (χ4v) is 1.72. The van der Waals surface area contributed by atoms with Crippen LogP contribution in [0.3, 0.4) is 0 Å². The summed E-state index contributed by atoms with van der Waals surface area (Å²) < 4.78 is 5.00. The molecule has 1 amide bonds. The molecule has 0 aliphatic heterocycles. The fraction of sp³-hybridized carbons (Fsp3) is 0.857. The number of amides is 1. The molecule has 1 aliphatic rings. The van der Waals surface area contributed by atoms with Gasteiger partial charge >= 0.3 is 0 Å². The summed E-state index contributed by atoms with van der Waals surface area (Å²) in [5.74, 6) is 0.965. The highest BCUT2D eigenvalue weighted by molar-refractivity contribution is 5.79. The van der Waals surface area contributed by atoms with Gasteiger partial charge in [-0.2, -0.15) is 0 Å². The highest BCUT2D eigenvalue weighted by atomic mass is 16.5. The number of nitrogens with one attached hydrogen (secondary N) is 3. The number of ether oxygens (including phenoxy) is 1. The number of nitrogens with zero attached hydrogens (tertiary/aromatic N) is 1. The standard InChI is InChI=1S/C14H28N4O2/c1-3-15-14(17-10-5-11-20-2)16-9-4-6-13(19)18-12-7-8-12/h12H,3-11H2,1-2H3,(H,18,19)(H2,15,16,17). The summed E-state index contributed by atoms with van der Waals surface area (Å²) in [7, 11) is 1.70. The number of methoxy groups -OCH3 is 1. The first-order valence-corrected chi connectivity index (χ1v) is 7.56. The Bertz CT molecular complexity index is 304. The monoisotopic (exact) mass is 284 g/mol. The highest BCUT2D eigenvalue weighted by Crippen LogP contribution is 2.18. The zero-order valence-electron chi connectivity index (χ0n) is 12.7. The van der Waals surface area contributed by atoms with Gasteiger partial charge < -0.3 is 20.7 Å². The predicted molar refractivity (Wildman–Crippen MR) is 80.9 cm³/mol. The summed E-state index contributed by atoms with van der Waals surface area (Å²) in [4.78, 5) is 16.0. The van der Waals surface area contributed by atoms with Crippen LogP contribution in [-0.2, 0) is 9.53 Å². The van der Waals surface area contributed by atoms with Crippen LogP contribution in [0, 0.1) is 0 Å². The average molecular weight is 284 g/mol. The van der Waals surface area contributed by atoms with Gasteiger partial charge in [0.25, 0.3) is 0 Å². The molecule has 116 valence electrons. The first-order valence-electron chi connectivity index (χ1n) is 7.56. The normalized spacial score (nSPS) is 15.0. The Hall–Kier alpha value is -1.30. The van der Waals surface area contributed by atoms with E-state index in [0.29, 0.717) is 19.0 Å². The van der Waals surface area contributed by atoms with Crippen molar-refractivity contribution in [1.29, 1.82) is 0 Å². The van der Waals surface area contributed by atoms with E-state index in [4.69, 9.17) is 4.74 Å². The summed E-state index contributed by atoms with van der Waals surface area (Å²) in [5, 5.41) is 9.41. The van der Waals surface area contributed by atoms with Crippen molar-refractivity contribution >= 4 is 11.9 Å². The van der Waals surface area contributed by atoms with Gasteiger partial charge in [0.15, 0.2) is 5.96 Å². The molecule has 0 heterocycles. The summed E-state index contributed by atoms with van der Waals surface area (Å²) >= 11 is 0. The van der Waals surface area contributed by atoms with Gasteiger partial charge in [-0.1, -0.05) is 0 Å². The number of carbonyl (C=O) groups is 1. The summed E-state index contributed by atoms with van der Waals surface area (Å²) in [6, 6.07) is 0.450. The van der Waals surface area contributed by atoms with Crippen molar-refractivity contribution in [3.63, 3.8) is 0 Å². The Balaban J connectivity index is 2.11. The van der Waals surface area contributed by atoms with E-state index in [1.807, 2.05) is 6.92 Å². The van der Waals surface area contributed by atoms with E-state index in [1.54, 1.807) is 7.11 Å². The van der Waals surface area contributed by atoms with Crippen molar-refractivity contribution in [2.24, 2.45) is 4.99 Å². The van der Waals surface area contributed by atoms with Crippen LogP contribution in [-0.4, -0.2) is 51.3 Å². The molecule has 0 aromatic rings. The molecular formula is C14H28N4O2. The zero-order chi connectivity index (χ0) is 14.6. The third-order valence-electron chi connectivity index (χ3n) is 2.94. The second kappa shape index (κ2) is 10.5. The number of carbonyl (C=O) groups excluding carboxylic acids is 1. The first kappa shape index (κ1) is 16.8. The quantitative estimate of drug-likeness (QED) is 0.313. The molecule has 0 unspecified atom stereocenters. The first-order chi connectivity index (χ1) is 9.76. The number of hydrogen-bond donors (Lipinski definition) is 3. The van der Waals surface area contributed by atoms with E-state index in [-0.39, 0.29) is 5.91 Å². The second-order valence-electron chi connectivity index (χ2n) is 4.98. The van der Waals surface area contributed by atoms with E-state index >= 15 is 0 Å². The zero-order valence-corrected chi connectivity index (χ0v) is 12.7. The molecule has 0 saturated heterocycles. The predicted octanol–water partition coefficient (Wildman–Crippen LogP) is 0.637. The van der Waals surface area contributed by atoms with Crippen molar-refractivity contribution in [1.82, 2.24) is 16.0 Å². The molecule has 1 aliphatic carbocycles. The lowest BCUT2D eigenvalue weighted by Gasteiger charge is -2.10. The highest BCUT2D eigenvalue weighted by Gasteiger charge is 2.22. The lowest BCUT2D eigenvalue weighted by Crippen LogP contribution is -2.38. The molecule has 0 aromatic heterocycles. The van der Waals surface area contributed by atoms with Crippen LogP contribution < -0.4 is 16.0 Å². The Morgan fingerprint density at radius 3 is 2.75 bits per heavy atom. The molecule has 0 aromatic carbocycles. The molecule has 6 nitrogen and oxygen atoms in total. The van der Waals surface area contributed by atoms with Gasteiger partial charge in [-0.25, -0.2) is 0 Å². The SMILES string of the molecule is CCNC(=NCCCC(=O)NC1CC1)NCCCOC. The topological polar surface area (TPSA) is 74.8 Å². The lowest BCUT2D eigenvalue weighted by atomic mass is 10.3. The number of aliphatic imine (C=N–C) groups is 1. The number of rotatable bonds is 10.